The maximum Gasteiger partial charge on any atom is 0.284 e. The first-order valence-corrected chi connectivity index (χ1v) is 6.41. The lowest BCUT2D eigenvalue weighted by molar-refractivity contribution is -0.385. The van der Waals surface area contributed by atoms with Gasteiger partial charge in [0, 0.05) is 19.2 Å². The predicted molar refractivity (Wildman–Crippen MR) is 72.6 cm³/mol. The SMILES string of the molecule is CCN(CCC#N)C(=O)c1cccc([N+](=O)[O-])c1Br. The van der Waals surface area contributed by atoms with E-state index in [4.69, 9.17) is 5.26 Å². The van der Waals surface area contributed by atoms with Crippen LogP contribution in [-0.4, -0.2) is 28.8 Å². The minimum absolute atomic E-state index is 0.151. The summed E-state index contributed by atoms with van der Waals surface area (Å²) in [5.74, 6) is -0.326. The second-order valence-corrected chi connectivity index (χ2v) is 4.48. The maximum atomic E-state index is 12.2. The molecule has 1 rings (SSSR count). The van der Waals surface area contributed by atoms with Gasteiger partial charge in [0.05, 0.1) is 23.0 Å². The van der Waals surface area contributed by atoms with Crippen LogP contribution in [0.15, 0.2) is 22.7 Å². The van der Waals surface area contributed by atoms with E-state index in [0.29, 0.717) is 13.1 Å². The zero-order chi connectivity index (χ0) is 14.4. The van der Waals surface area contributed by atoms with Gasteiger partial charge in [-0.1, -0.05) is 6.07 Å². The number of nitro groups is 1. The highest BCUT2D eigenvalue weighted by Gasteiger charge is 2.22. The lowest BCUT2D eigenvalue weighted by Crippen LogP contribution is -2.31. The van der Waals surface area contributed by atoms with Crippen molar-refractivity contribution >= 4 is 27.5 Å². The first-order valence-electron chi connectivity index (χ1n) is 5.62. The third-order valence-corrected chi connectivity index (χ3v) is 3.40. The van der Waals surface area contributed by atoms with Crippen LogP contribution in [0.5, 0.6) is 0 Å². The van der Waals surface area contributed by atoms with Gasteiger partial charge in [-0.05, 0) is 28.9 Å². The van der Waals surface area contributed by atoms with Crippen molar-refractivity contribution in [3.63, 3.8) is 0 Å². The molecule has 0 aliphatic rings. The van der Waals surface area contributed by atoms with Crippen molar-refractivity contribution in [3.8, 4) is 6.07 Å². The summed E-state index contributed by atoms with van der Waals surface area (Å²) in [6, 6.07) is 6.28. The summed E-state index contributed by atoms with van der Waals surface area (Å²) >= 11 is 3.09. The Morgan fingerprint density at radius 1 is 1.58 bits per heavy atom. The van der Waals surface area contributed by atoms with Crippen LogP contribution in [0.2, 0.25) is 0 Å². The number of hydrogen-bond donors (Lipinski definition) is 0. The topological polar surface area (TPSA) is 87.2 Å². The first-order chi connectivity index (χ1) is 9.02. The van der Waals surface area contributed by atoms with Crippen molar-refractivity contribution in [2.45, 2.75) is 13.3 Å². The van der Waals surface area contributed by atoms with E-state index in [1.165, 1.54) is 23.1 Å². The Morgan fingerprint density at radius 3 is 2.79 bits per heavy atom. The van der Waals surface area contributed by atoms with Crippen LogP contribution in [0.3, 0.4) is 0 Å². The van der Waals surface area contributed by atoms with Crippen molar-refractivity contribution in [2.24, 2.45) is 0 Å². The van der Waals surface area contributed by atoms with Gasteiger partial charge >= 0.3 is 0 Å². The molecule has 1 amide bonds. The third-order valence-electron chi connectivity index (χ3n) is 2.57. The van der Waals surface area contributed by atoms with Crippen LogP contribution in [0.25, 0.3) is 0 Å². The lowest BCUT2D eigenvalue weighted by Gasteiger charge is -2.20. The number of nitrogens with zero attached hydrogens (tertiary/aromatic N) is 3. The van der Waals surface area contributed by atoms with Gasteiger partial charge in [0.2, 0.25) is 0 Å². The van der Waals surface area contributed by atoms with Crippen LogP contribution in [0.1, 0.15) is 23.7 Å². The molecule has 0 bridgehead atoms. The zero-order valence-corrected chi connectivity index (χ0v) is 11.9. The van der Waals surface area contributed by atoms with Crippen LogP contribution in [0.4, 0.5) is 5.69 Å². The quantitative estimate of drug-likeness (QED) is 0.615. The molecule has 0 spiro atoms. The van der Waals surface area contributed by atoms with Crippen molar-refractivity contribution in [2.75, 3.05) is 13.1 Å². The number of amides is 1. The number of carbonyl (C=O) groups is 1. The first kappa shape index (κ1) is 15.1. The fourth-order valence-electron chi connectivity index (χ4n) is 1.58. The van der Waals surface area contributed by atoms with E-state index in [9.17, 15) is 14.9 Å². The largest absolute Gasteiger partial charge is 0.338 e. The van der Waals surface area contributed by atoms with E-state index < -0.39 is 4.92 Å². The Hall–Kier alpha value is -1.94. The average molecular weight is 326 g/mol. The van der Waals surface area contributed by atoms with Crippen LogP contribution < -0.4 is 0 Å². The number of halogens is 1. The molecule has 0 aliphatic heterocycles. The maximum absolute atomic E-state index is 12.2. The minimum atomic E-state index is -0.549. The van der Waals surface area contributed by atoms with Gasteiger partial charge in [0.25, 0.3) is 11.6 Å². The molecule has 7 heteroatoms. The fourth-order valence-corrected chi connectivity index (χ4v) is 2.16. The lowest BCUT2D eigenvalue weighted by atomic mass is 10.1. The molecule has 0 unspecified atom stereocenters. The third kappa shape index (κ3) is 3.51. The van der Waals surface area contributed by atoms with Crippen molar-refractivity contribution < 1.29 is 9.72 Å². The Kier molecular flexibility index (Phi) is 5.45. The van der Waals surface area contributed by atoms with Crippen molar-refractivity contribution in [1.29, 1.82) is 5.26 Å². The van der Waals surface area contributed by atoms with Gasteiger partial charge in [-0.15, -0.1) is 0 Å². The minimum Gasteiger partial charge on any atom is -0.338 e. The number of nitriles is 1. The van der Waals surface area contributed by atoms with Gasteiger partial charge in [-0.3, -0.25) is 14.9 Å². The number of nitro benzene ring substituents is 1. The van der Waals surface area contributed by atoms with Crippen molar-refractivity contribution in [3.05, 3.63) is 38.3 Å². The molecule has 0 atom stereocenters. The van der Waals surface area contributed by atoms with E-state index in [0.717, 1.165) is 0 Å². The molecule has 0 saturated carbocycles. The Morgan fingerprint density at radius 2 is 2.26 bits per heavy atom. The molecule has 1 aromatic carbocycles. The zero-order valence-electron chi connectivity index (χ0n) is 10.3. The van der Waals surface area contributed by atoms with Crippen LogP contribution >= 0.6 is 15.9 Å². The van der Waals surface area contributed by atoms with Gasteiger partial charge in [0.15, 0.2) is 0 Å². The van der Waals surface area contributed by atoms with Gasteiger partial charge in [-0.25, -0.2) is 0 Å². The van der Waals surface area contributed by atoms with E-state index in [2.05, 4.69) is 15.9 Å². The summed E-state index contributed by atoms with van der Waals surface area (Å²) in [4.78, 5) is 24.0. The molecule has 0 heterocycles. The summed E-state index contributed by atoms with van der Waals surface area (Å²) in [6.07, 6.45) is 0.228. The standard InChI is InChI=1S/C12H12BrN3O3/c1-2-15(8-4-7-14)12(17)9-5-3-6-10(11(9)13)16(18)19/h3,5-6H,2,4,8H2,1H3. The molecule has 0 radical (unpaired) electrons. The highest BCUT2D eigenvalue weighted by Crippen LogP contribution is 2.29. The number of carbonyl (C=O) groups excluding carboxylic acids is 1. The van der Waals surface area contributed by atoms with Gasteiger partial charge in [-0.2, -0.15) is 5.26 Å². The summed E-state index contributed by atoms with van der Waals surface area (Å²) in [7, 11) is 0. The van der Waals surface area contributed by atoms with E-state index in [-0.39, 0.29) is 28.1 Å². The summed E-state index contributed by atoms with van der Waals surface area (Å²) in [6.45, 7) is 2.54. The number of rotatable bonds is 5. The summed E-state index contributed by atoms with van der Waals surface area (Å²) in [5.41, 5.74) is 0.0798. The molecular formula is C12H12BrN3O3. The molecule has 0 saturated heterocycles. The molecule has 100 valence electrons. The summed E-state index contributed by atoms with van der Waals surface area (Å²) in [5, 5.41) is 19.4. The average Bonchev–Trinajstić information content (AvgIpc) is 2.39. The molecule has 19 heavy (non-hydrogen) atoms. The molecule has 0 aliphatic carbocycles. The predicted octanol–water partition coefficient (Wildman–Crippen LogP) is 2.73. The second-order valence-electron chi connectivity index (χ2n) is 3.69. The molecule has 1 aromatic rings. The fraction of sp³-hybridized carbons (Fsp3) is 0.333. The van der Waals surface area contributed by atoms with Gasteiger partial charge in [0.1, 0.15) is 4.47 Å². The van der Waals surface area contributed by atoms with Crippen LogP contribution in [-0.2, 0) is 0 Å². The highest BCUT2D eigenvalue weighted by atomic mass is 79.9. The highest BCUT2D eigenvalue weighted by molar-refractivity contribution is 9.10. The Bertz CT molecular complexity index is 540. The molecule has 6 nitrogen and oxygen atoms in total. The molecular weight excluding hydrogens is 314 g/mol. The van der Waals surface area contributed by atoms with Crippen molar-refractivity contribution in [1.82, 2.24) is 4.90 Å². The monoisotopic (exact) mass is 325 g/mol. The molecule has 0 fully saturated rings. The molecule has 0 N–H and O–H groups in total. The second kappa shape index (κ2) is 6.85. The van der Waals surface area contributed by atoms with E-state index >= 15 is 0 Å². The van der Waals surface area contributed by atoms with Crippen LogP contribution in [0, 0.1) is 21.4 Å². The number of benzene rings is 1. The summed E-state index contributed by atoms with van der Waals surface area (Å²) < 4.78 is 0.167. The van der Waals surface area contributed by atoms with E-state index in [1.807, 2.05) is 6.07 Å². The Balaban J connectivity index is 3.09. The Labute approximate surface area is 118 Å². The normalized spacial score (nSPS) is 9.74. The van der Waals surface area contributed by atoms with E-state index in [1.54, 1.807) is 6.92 Å². The molecule has 0 aromatic heterocycles. The number of hydrogen-bond acceptors (Lipinski definition) is 4. The smallest absolute Gasteiger partial charge is 0.284 e. The van der Waals surface area contributed by atoms with Gasteiger partial charge < -0.3 is 4.90 Å².